The second kappa shape index (κ2) is 7.87. The van der Waals surface area contributed by atoms with E-state index >= 15 is 0 Å². The van der Waals surface area contributed by atoms with Crippen molar-refractivity contribution in [2.24, 2.45) is 17.3 Å². The third kappa shape index (κ3) is 3.24. The van der Waals surface area contributed by atoms with Crippen molar-refractivity contribution in [3.63, 3.8) is 0 Å². The molecule has 1 aliphatic heterocycles. The van der Waals surface area contributed by atoms with E-state index < -0.39 is 0 Å². The van der Waals surface area contributed by atoms with Crippen LogP contribution in [0.25, 0.3) is 0 Å². The molecule has 2 saturated carbocycles. The summed E-state index contributed by atoms with van der Waals surface area (Å²) in [5.41, 5.74) is 3.89. The minimum absolute atomic E-state index is 0.0541. The molecule has 3 fully saturated rings. The van der Waals surface area contributed by atoms with Gasteiger partial charge in [0.1, 0.15) is 17.4 Å². The highest BCUT2D eigenvalue weighted by molar-refractivity contribution is 5.77. The van der Waals surface area contributed by atoms with Crippen LogP contribution in [0.2, 0.25) is 0 Å². The quantitative estimate of drug-likeness (QED) is 0.672. The van der Waals surface area contributed by atoms with Crippen LogP contribution in [0, 0.1) is 17.3 Å². The summed E-state index contributed by atoms with van der Waals surface area (Å²) >= 11 is 0. The molecule has 0 unspecified atom stereocenters. The van der Waals surface area contributed by atoms with E-state index in [0.29, 0.717) is 24.2 Å². The molecule has 1 N–H and O–H groups in total. The minimum atomic E-state index is -0.354. The molecule has 0 bridgehead atoms. The highest BCUT2D eigenvalue weighted by atomic mass is 16.6. The number of methoxy groups -OCH3 is 1. The van der Waals surface area contributed by atoms with Crippen LogP contribution in [-0.2, 0) is 22.4 Å². The van der Waals surface area contributed by atoms with Crippen molar-refractivity contribution < 1.29 is 14.3 Å². The van der Waals surface area contributed by atoms with Crippen molar-refractivity contribution in [2.45, 2.75) is 69.4 Å². The number of carbonyl (C=O) groups excluding carboxylic acids is 1. The number of hydrogen-bond acceptors (Lipinski definition) is 4. The minimum Gasteiger partial charge on any atom is -0.497 e. The number of fused-ring (bicyclic) bond motifs is 6. The zero-order valence-corrected chi connectivity index (χ0v) is 19.8. The number of benzene rings is 2. The Labute approximate surface area is 197 Å². The van der Waals surface area contributed by atoms with Gasteiger partial charge in [0.2, 0.25) is 0 Å². The number of nitrogens with one attached hydrogen (secondary N) is 1. The fraction of sp³-hybridized carbons (Fsp3) is 0.552. The van der Waals surface area contributed by atoms with Gasteiger partial charge in [-0.2, -0.15) is 0 Å². The van der Waals surface area contributed by atoms with Gasteiger partial charge in [-0.3, -0.25) is 4.79 Å². The van der Waals surface area contributed by atoms with Crippen LogP contribution in [0.15, 0.2) is 48.5 Å². The second-order valence-corrected chi connectivity index (χ2v) is 11.0. The Morgan fingerprint density at radius 3 is 2.73 bits per heavy atom. The lowest BCUT2D eigenvalue weighted by Crippen LogP contribution is -2.64. The first kappa shape index (κ1) is 21.2. The highest BCUT2D eigenvalue weighted by Crippen LogP contribution is 2.65. The second-order valence-electron chi connectivity index (χ2n) is 11.0. The molecule has 1 heterocycles. The molecule has 0 radical (unpaired) electrons. The number of aryl methyl sites for hydroxylation is 1. The largest absolute Gasteiger partial charge is 0.497 e. The molecule has 0 amide bonds. The van der Waals surface area contributed by atoms with E-state index in [1.165, 1.54) is 36.0 Å². The molecule has 2 aromatic carbocycles. The van der Waals surface area contributed by atoms with Crippen LogP contribution in [-0.4, -0.2) is 31.3 Å². The first-order valence-electron chi connectivity index (χ1n) is 12.7. The summed E-state index contributed by atoms with van der Waals surface area (Å²) in [7, 11) is 1.75. The number of rotatable bonds is 3. The van der Waals surface area contributed by atoms with E-state index in [9.17, 15) is 4.79 Å². The standard InChI is InChI=1S/C29H35NO3/c1-28-14-12-23-22-11-9-21(32-2)17-20(22)8-10-24(23)25(28)13-15-29(28)18-30-26(27(31)33-29)16-19-6-4-3-5-7-19/h3-7,9,11,17,23-26,30H,8,10,12-16,18H2,1-2H3/t23-,24-,25+,26+,28+,29-/m1/s1. The summed E-state index contributed by atoms with van der Waals surface area (Å²) in [6.07, 6.45) is 7.53. The average molecular weight is 446 g/mol. The van der Waals surface area contributed by atoms with Crippen molar-refractivity contribution in [1.82, 2.24) is 5.32 Å². The molecule has 4 nitrogen and oxygen atoms in total. The van der Waals surface area contributed by atoms with Crippen molar-refractivity contribution in [3.8, 4) is 5.75 Å². The molecule has 33 heavy (non-hydrogen) atoms. The smallest absolute Gasteiger partial charge is 0.324 e. The molecular formula is C29H35NO3. The maximum atomic E-state index is 13.2. The molecule has 0 aromatic heterocycles. The summed E-state index contributed by atoms with van der Waals surface area (Å²) in [6, 6.07) is 16.7. The van der Waals surface area contributed by atoms with Gasteiger partial charge in [-0.1, -0.05) is 43.3 Å². The Morgan fingerprint density at radius 1 is 1.09 bits per heavy atom. The molecule has 2 aromatic rings. The van der Waals surface area contributed by atoms with Gasteiger partial charge in [0.15, 0.2) is 0 Å². The Kier molecular flexibility index (Phi) is 5.06. The molecule has 6 atom stereocenters. The van der Waals surface area contributed by atoms with Crippen LogP contribution in [0.4, 0.5) is 0 Å². The van der Waals surface area contributed by atoms with Crippen molar-refractivity contribution in [3.05, 3.63) is 65.2 Å². The lowest BCUT2D eigenvalue weighted by atomic mass is 9.53. The Morgan fingerprint density at radius 2 is 1.94 bits per heavy atom. The zero-order valence-electron chi connectivity index (χ0n) is 19.8. The number of ether oxygens (including phenoxy) is 2. The average Bonchev–Trinajstić information content (AvgIpc) is 3.12. The third-order valence-corrected chi connectivity index (χ3v) is 9.72. The van der Waals surface area contributed by atoms with Crippen LogP contribution in [0.3, 0.4) is 0 Å². The van der Waals surface area contributed by atoms with Crippen molar-refractivity contribution in [1.29, 1.82) is 0 Å². The molecule has 174 valence electrons. The molecule has 6 rings (SSSR count). The fourth-order valence-electron chi connectivity index (χ4n) is 7.91. The summed E-state index contributed by atoms with van der Waals surface area (Å²) in [4.78, 5) is 13.2. The number of carbonyl (C=O) groups is 1. The van der Waals surface area contributed by atoms with E-state index in [4.69, 9.17) is 9.47 Å². The van der Waals surface area contributed by atoms with Crippen LogP contribution < -0.4 is 10.1 Å². The van der Waals surface area contributed by atoms with Gasteiger partial charge >= 0.3 is 5.97 Å². The van der Waals surface area contributed by atoms with E-state index in [1.54, 1.807) is 7.11 Å². The monoisotopic (exact) mass is 445 g/mol. The normalized spacial score (nSPS) is 37.1. The summed E-state index contributed by atoms with van der Waals surface area (Å²) in [5.74, 6) is 2.84. The molecule has 1 spiro atoms. The maximum Gasteiger partial charge on any atom is 0.324 e. The first-order chi connectivity index (χ1) is 16.0. The number of esters is 1. The first-order valence-corrected chi connectivity index (χ1v) is 12.7. The zero-order chi connectivity index (χ0) is 22.6. The van der Waals surface area contributed by atoms with Gasteiger partial charge in [-0.05, 0) is 91.5 Å². The topological polar surface area (TPSA) is 47.6 Å². The predicted molar refractivity (Wildman–Crippen MR) is 128 cm³/mol. The van der Waals surface area contributed by atoms with Gasteiger partial charge in [-0.15, -0.1) is 0 Å². The summed E-state index contributed by atoms with van der Waals surface area (Å²) in [6.45, 7) is 3.21. The van der Waals surface area contributed by atoms with Gasteiger partial charge in [0, 0.05) is 12.0 Å². The third-order valence-electron chi connectivity index (χ3n) is 9.72. The van der Waals surface area contributed by atoms with Gasteiger partial charge in [-0.25, -0.2) is 0 Å². The molecule has 3 aliphatic carbocycles. The molecule has 4 heteroatoms. The molecule has 4 aliphatic rings. The van der Waals surface area contributed by atoms with Gasteiger partial charge in [0.05, 0.1) is 7.11 Å². The molecule has 1 saturated heterocycles. The predicted octanol–water partition coefficient (Wildman–Crippen LogP) is 5.05. The van der Waals surface area contributed by atoms with E-state index in [-0.39, 0.29) is 23.0 Å². The molecular weight excluding hydrogens is 410 g/mol. The van der Waals surface area contributed by atoms with Crippen LogP contribution in [0.5, 0.6) is 5.75 Å². The summed E-state index contributed by atoms with van der Waals surface area (Å²) < 4.78 is 11.9. The SMILES string of the molecule is COc1ccc2c(c1)CC[C@@H]1[C@@H]2CC[C@@]2(C)[C@H]1CC[C@@]21CN[C@@H](Cc2ccccc2)C(=O)O1. The lowest BCUT2D eigenvalue weighted by Gasteiger charge is -2.55. The van der Waals surface area contributed by atoms with E-state index in [0.717, 1.165) is 31.6 Å². The number of morpholine rings is 1. The fourth-order valence-corrected chi connectivity index (χ4v) is 7.91. The Bertz CT molecular complexity index is 1050. The van der Waals surface area contributed by atoms with E-state index in [1.807, 2.05) is 18.2 Å². The van der Waals surface area contributed by atoms with Gasteiger partial charge in [0.25, 0.3) is 0 Å². The lowest BCUT2D eigenvalue weighted by molar-refractivity contribution is -0.191. The van der Waals surface area contributed by atoms with E-state index in [2.05, 4.69) is 42.6 Å². The maximum absolute atomic E-state index is 13.2. The van der Waals surface area contributed by atoms with Crippen LogP contribution >= 0.6 is 0 Å². The Hall–Kier alpha value is -2.33. The van der Waals surface area contributed by atoms with Crippen molar-refractivity contribution >= 4 is 5.97 Å². The van der Waals surface area contributed by atoms with Gasteiger partial charge < -0.3 is 14.8 Å². The van der Waals surface area contributed by atoms with Crippen molar-refractivity contribution in [2.75, 3.05) is 13.7 Å². The number of hydrogen-bond donors (Lipinski definition) is 1. The highest BCUT2D eigenvalue weighted by Gasteiger charge is 2.65. The van der Waals surface area contributed by atoms with Crippen LogP contribution in [0.1, 0.15) is 61.6 Å². The Balaban J connectivity index is 1.22. The summed E-state index contributed by atoms with van der Waals surface area (Å²) in [5, 5.41) is 3.62.